The second kappa shape index (κ2) is 4.26. The summed E-state index contributed by atoms with van der Waals surface area (Å²) in [5, 5.41) is 2.72. The van der Waals surface area contributed by atoms with E-state index >= 15 is 0 Å². The van der Waals surface area contributed by atoms with Crippen LogP contribution in [0.15, 0.2) is 30.9 Å². The Bertz CT molecular complexity index is 613. The van der Waals surface area contributed by atoms with Gasteiger partial charge in [-0.1, -0.05) is 12.1 Å². The van der Waals surface area contributed by atoms with Crippen molar-refractivity contribution in [2.24, 2.45) is 0 Å². The molecule has 2 aliphatic heterocycles. The van der Waals surface area contributed by atoms with Crippen molar-refractivity contribution in [2.45, 2.75) is 12.5 Å². The lowest BCUT2D eigenvalue weighted by Gasteiger charge is -2.22. The molecule has 20 heavy (non-hydrogen) atoms. The van der Waals surface area contributed by atoms with Crippen LogP contribution in [0, 0.1) is 0 Å². The van der Waals surface area contributed by atoms with Crippen LogP contribution in [-0.4, -0.2) is 30.2 Å². The van der Waals surface area contributed by atoms with E-state index in [1.807, 2.05) is 0 Å². The molecule has 1 atom stereocenters. The molecule has 3 rings (SSSR count). The Morgan fingerprint density at radius 1 is 1.40 bits per heavy atom. The molecule has 104 valence electrons. The predicted molar refractivity (Wildman–Crippen MR) is 70.4 cm³/mol. The molecule has 2 aliphatic rings. The summed E-state index contributed by atoms with van der Waals surface area (Å²) >= 11 is 0. The highest BCUT2D eigenvalue weighted by atomic mass is 16.7. The number of amides is 3. The number of hydrogen-bond donors (Lipinski definition) is 1. The van der Waals surface area contributed by atoms with Gasteiger partial charge in [-0.15, -0.1) is 6.58 Å². The Labute approximate surface area is 116 Å². The first-order chi connectivity index (χ1) is 9.56. The minimum atomic E-state index is -1.10. The predicted octanol–water partition coefficient (Wildman–Crippen LogP) is 1.37. The molecule has 0 aliphatic carbocycles. The van der Waals surface area contributed by atoms with Gasteiger partial charge in [0.2, 0.25) is 6.79 Å². The number of carbonyl (C=O) groups is 2. The molecular weight excluding hydrogens is 260 g/mol. The Morgan fingerprint density at radius 3 is 2.90 bits per heavy atom. The number of nitrogens with one attached hydrogen (secondary N) is 1. The Hall–Kier alpha value is -2.50. The molecule has 6 nitrogen and oxygen atoms in total. The summed E-state index contributed by atoms with van der Waals surface area (Å²) in [6.45, 7) is 5.58. The minimum absolute atomic E-state index is 0.165. The van der Waals surface area contributed by atoms with E-state index < -0.39 is 11.6 Å². The van der Waals surface area contributed by atoms with Crippen molar-refractivity contribution in [3.63, 3.8) is 0 Å². The summed E-state index contributed by atoms with van der Waals surface area (Å²) in [5.74, 6) is 0.909. The summed E-state index contributed by atoms with van der Waals surface area (Å²) in [6, 6.07) is 4.79. The van der Waals surface area contributed by atoms with Gasteiger partial charge in [-0.05, 0) is 24.6 Å². The number of urea groups is 1. The molecule has 0 aromatic heterocycles. The number of fused-ring (bicyclic) bond motifs is 1. The topological polar surface area (TPSA) is 67.9 Å². The van der Waals surface area contributed by atoms with Gasteiger partial charge in [0, 0.05) is 6.54 Å². The lowest BCUT2D eigenvalue weighted by atomic mass is 9.91. The van der Waals surface area contributed by atoms with E-state index in [1.54, 1.807) is 25.1 Å². The van der Waals surface area contributed by atoms with Gasteiger partial charge in [0.05, 0.1) is 0 Å². The van der Waals surface area contributed by atoms with E-state index in [2.05, 4.69) is 11.9 Å². The van der Waals surface area contributed by atoms with Crippen LogP contribution in [0.5, 0.6) is 11.5 Å². The zero-order valence-corrected chi connectivity index (χ0v) is 11.0. The number of nitrogens with zero attached hydrogens (tertiary/aromatic N) is 1. The molecule has 0 radical (unpaired) electrons. The van der Waals surface area contributed by atoms with Crippen molar-refractivity contribution in [1.82, 2.24) is 10.2 Å². The van der Waals surface area contributed by atoms with Gasteiger partial charge in [0.1, 0.15) is 5.54 Å². The van der Waals surface area contributed by atoms with Crippen molar-refractivity contribution in [3.8, 4) is 11.5 Å². The average Bonchev–Trinajstić information content (AvgIpc) is 2.97. The lowest BCUT2D eigenvalue weighted by Crippen LogP contribution is -2.40. The summed E-state index contributed by atoms with van der Waals surface area (Å²) in [4.78, 5) is 25.5. The highest BCUT2D eigenvalue weighted by molar-refractivity contribution is 6.07. The van der Waals surface area contributed by atoms with Gasteiger partial charge in [-0.2, -0.15) is 0 Å². The first kappa shape index (κ1) is 12.5. The fourth-order valence-corrected chi connectivity index (χ4v) is 2.40. The zero-order chi connectivity index (χ0) is 14.3. The highest BCUT2D eigenvalue weighted by Gasteiger charge is 2.48. The van der Waals surface area contributed by atoms with Crippen molar-refractivity contribution in [3.05, 3.63) is 36.4 Å². The van der Waals surface area contributed by atoms with Crippen molar-refractivity contribution < 1.29 is 19.1 Å². The SMILES string of the molecule is C=CCN1C(=O)NC(C)(c2ccc3c(c2)OCO3)C1=O. The lowest BCUT2D eigenvalue weighted by molar-refractivity contribution is -0.130. The first-order valence-electron chi connectivity index (χ1n) is 6.21. The maximum absolute atomic E-state index is 12.5. The third-order valence-corrected chi connectivity index (χ3v) is 3.54. The molecule has 0 bridgehead atoms. The maximum Gasteiger partial charge on any atom is 0.325 e. The molecule has 2 heterocycles. The molecule has 6 heteroatoms. The Morgan fingerprint density at radius 2 is 2.15 bits per heavy atom. The van der Waals surface area contributed by atoms with Crippen LogP contribution in [0.4, 0.5) is 4.79 Å². The summed E-state index contributed by atoms with van der Waals surface area (Å²) in [6.07, 6.45) is 1.52. The largest absolute Gasteiger partial charge is 0.454 e. The van der Waals surface area contributed by atoms with E-state index in [0.717, 1.165) is 4.90 Å². The van der Waals surface area contributed by atoms with Crippen LogP contribution in [0.1, 0.15) is 12.5 Å². The number of imide groups is 1. The average molecular weight is 274 g/mol. The van der Waals surface area contributed by atoms with E-state index in [9.17, 15) is 9.59 Å². The van der Waals surface area contributed by atoms with E-state index in [-0.39, 0.29) is 19.2 Å². The van der Waals surface area contributed by atoms with E-state index in [4.69, 9.17) is 9.47 Å². The van der Waals surface area contributed by atoms with Crippen molar-refractivity contribution >= 4 is 11.9 Å². The Kier molecular flexibility index (Phi) is 2.67. The number of carbonyl (C=O) groups excluding carboxylic acids is 2. The fraction of sp³-hybridized carbons (Fsp3) is 0.286. The fourth-order valence-electron chi connectivity index (χ4n) is 2.40. The van der Waals surface area contributed by atoms with Gasteiger partial charge >= 0.3 is 6.03 Å². The van der Waals surface area contributed by atoms with Crippen LogP contribution in [0.3, 0.4) is 0 Å². The molecule has 1 aromatic carbocycles. The number of ether oxygens (including phenoxy) is 2. The second-order valence-corrected chi connectivity index (χ2v) is 4.83. The van der Waals surface area contributed by atoms with Crippen LogP contribution in [0.25, 0.3) is 0 Å². The van der Waals surface area contributed by atoms with Gasteiger partial charge < -0.3 is 14.8 Å². The second-order valence-electron chi connectivity index (χ2n) is 4.83. The molecule has 1 fully saturated rings. The molecular formula is C14H14N2O4. The van der Waals surface area contributed by atoms with Gasteiger partial charge in [-0.3, -0.25) is 9.69 Å². The van der Waals surface area contributed by atoms with Gasteiger partial charge in [0.25, 0.3) is 5.91 Å². The van der Waals surface area contributed by atoms with Crippen LogP contribution < -0.4 is 14.8 Å². The minimum Gasteiger partial charge on any atom is -0.454 e. The van der Waals surface area contributed by atoms with Crippen LogP contribution in [-0.2, 0) is 10.3 Å². The molecule has 0 spiro atoms. The smallest absolute Gasteiger partial charge is 0.325 e. The zero-order valence-electron chi connectivity index (χ0n) is 11.0. The molecule has 3 amide bonds. The van der Waals surface area contributed by atoms with Gasteiger partial charge in [-0.25, -0.2) is 4.79 Å². The molecule has 1 saturated heterocycles. The quantitative estimate of drug-likeness (QED) is 0.667. The standard InChI is InChI=1S/C14H14N2O4/c1-3-6-16-12(17)14(2,15-13(16)18)9-4-5-10-11(7-9)20-8-19-10/h3-5,7H,1,6,8H2,2H3,(H,15,18). The monoisotopic (exact) mass is 274 g/mol. The van der Waals surface area contributed by atoms with Crippen LogP contribution in [0.2, 0.25) is 0 Å². The number of hydrogen-bond acceptors (Lipinski definition) is 4. The van der Waals surface area contributed by atoms with Gasteiger partial charge in [0.15, 0.2) is 11.5 Å². The number of benzene rings is 1. The molecule has 1 aromatic rings. The third kappa shape index (κ3) is 1.65. The summed E-state index contributed by atoms with van der Waals surface area (Å²) in [7, 11) is 0. The van der Waals surface area contributed by atoms with E-state index in [1.165, 1.54) is 6.08 Å². The summed E-state index contributed by atoms with van der Waals surface area (Å²) in [5.41, 5.74) is -0.437. The molecule has 1 N–H and O–H groups in total. The van der Waals surface area contributed by atoms with Crippen molar-refractivity contribution in [2.75, 3.05) is 13.3 Å². The maximum atomic E-state index is 12.5. The normalized spacial score (nSPS) is 23.9. The van der Waals surface area contributed by atoms with E-state index in [0.29, 0.717) is 17.1 Å². The molecule has 0 saturated carbocycles. The molecule has 1 unspecified atom stereocenters. The third-order valence-electron chi connectivity index (χ3n) is 3.54. The highest BCUT2D eigenvalue weighted by Crippen LogP contribution is 2.37. The first-order valence-corrected chi connectivity index (χ1v) is 6.21. The summed E-state index contributed by atoms with van der Waals surface area (Å²) < 4.78 is 10.5. The van der Waals surface area contributed by atoms with Crippen molar-refractivity contribution in [1.29, 1.82) is 0 Å². The van der Waals surface area contributed by atoms with Crippen LogP contribution >= 0.6 is 0 Å². The number of rotatable bonds is 3. The Balaban J connectivity index is 1.98.